The molecule has 1 aliphatic heterocycles. The average molecular weight is 680 g/mol. The number of fused-ring (bicyclic) bond motifs is 4. The Morgan fingerprint density at radius 2 is 0.981 bits per heavy atom. The van der Waals surface area contributed by atoms with Crippen molar-refractivity contribution in [3.63, 3.8) is 0 Å². The fourth-order valence-electron chi connectivity index (χ4n) is 7.47. The van der Waals surface area contributed by atoms with Crippen LogP contribution >= 0.6 is 0 Å². The summed E-state index contributed by atoms with van der Waals surface area (Å²) in [5, 5.41) is 8.15. The lowest BCUT2D eigenvalue weighted by atomic mass is 9.93. The van der Waals surface area contributed by atoms with Crippen molar-refractivity contribution in [2.24, 2.45) is 9.98 Å². The lowest BCUT2D eigenvalue weighted by Crippen LogP contribution is -2.34. The average Bonchev–Trinajstić information content (AvgIpc) is 3.60. The van der Waals surface area contributed by atoms with Crippen molar-refractivity contribution in [2.75, 3.05) is 0 Å². The molecule has 0 spiro atoms. The van der Waals surface area contributed by atoms with Crippen LogP contribution in [-0.4, -0.2) is 11.7 Å². The first-order valence-electron chi connectivity index (χ1n) is 17.9. The van der Waals surface area contributed by atoms with E-state index in [-0.39, 0.29) is 6.17 Å². The van der Waals surface area contributed by atoms with Crippen LogP contribution in [0.3, 0.4) is 0 Å². The van der Waals surface area contributed by atoms with Crippen LogP contribution in [0.5, 0.6) is 0 Å². The molecule has 2 heterocycles. The molecule has 4 nitrogen and oxygen atoms in total. The number of nitrogens with zero attached hydrogens (tertiary/aromatic N) is 2. The van der Waals surface area contributed by atoms with Gasteiger partial charge in [0.05, 0.1) is 0 Å². The second-order valence-corrected chi connectivity index (χ2v) is 13.4. The number of aliphatic imine (C=N–C) groups is 2. The Hall–Kier alpha value is -7.04. The zero-order valence-corrected chi connectivity index (χ0v) is 28.8. The number of hydrogen-bond acceptors (Lipinski definition) is 4. The molecule has 53 heavy (non-hydrogen) atoms. The lowest BCUT2D eigenvalue weighted by molar-refractivity contribution is 0.668. The van der Waals surface area contributed by atoms with E-state index in [0.717, 1.165) is 77.5 Å². The van der Waals surface area contributed by atoms with Crippen LogP contribution in [0.1, 0.15) is 22.9 Å². The summed E-state index contributed by atoms with van der Waals surface area (Å²) in [6.45, 7) is 0. The van der Waals surface area contributed by atoms with Gasteiger partial charge in [-0.05, 0) is 74.0 Å². The molecular weight excluding hydrogens is 647 g/mol. The third-order valence-electron chi connectivity index (χ3n) is 10.2. The molecule has 0 saturated carbocycles. The maximum absolute atomic E-state index is 6.58. The molecular formula is C49H33N3O. The van der Waals surface area contributed by atoms with E-state index in [4.69, 9.17) is 14.4 Å². The fourth-order valence-corrected chi connectivity index (χ4v) is 7.47. The molecule has 0 radical (unpaired) electrons. The zero-order valence-electron chi connectivity index (χ0n) is 28.8. The van der Waals surface area contributed by atoms with Crippen LogP contribution in [0.2, 0.25) is 0 Å². The van der Waals surface area contributed by atoms with Crippen LogP contribution in [0, 0.1) is 0 Å². The Kier molecular flexibility index (Phi) is 7.51. The van der Waals surface area contributed by atoms with E-state index in [1.54, 1.807) is 0 Å². The highest BCUT2D eigenvalue weighted by molar-refractivity contribution is 6.25. The number of furan rings is 1. The minimum atomic E-state index is -0.346. The second-order valence-electron chi connectivity index (χ2n) is 13.4. The van der Waals surface area contributed by atoms with Crippen molar-refractivity contribution in [3.8, 4) is 33.4 Å². The lowest BCUT2D eigenvalue weighted by Gasteiger charge is -2.25. The minimum Gasteiger partial charge on any atom is -0.456 e. The van der Waals surface area contributed by atoms with E-state index in [0.29, 0.717) is 5.84 Å². The molecule has 4 heteroatoms. The summed E-state index contributed by atoms with van der Waals surface area (Å²) >= 11 is 0. The summed E-state index contributed by atoms with van der Waals surface area (Å²) in [6, 6.07) is 65.7. The van der Waals surface area contributed by atoms with Crippen molar-refractivity contribution >= 4 is 44.4 Å². The topological polar surface area (TPSA) is 49.9 Å². The Morgan fingerprint density at radius 3 is 1.62 bits per heavy atom. The molecule has 8 aromatic carbocycles. The number of nitrogens with one attached hydrogen (secondary N) is 1. The second kappa shape index (κ2) is 12.9. The first-order valence-corrected chi connectivity index (χ1v) is 17.9. The van der Waals surface area contributed by atoms with Gasteiger partial charge in [-0.15, -0.1) is 0 Å². The van der Waals surface area contributed by atoms with Gasteiger partial charge in [-0.2, -0.15) is 0 Å². The van der Waals surface area contributed by atoms with Crippen molar-refractivity contribution in [3.05, 3.63) is 205 Å². The summed E-state index contributed by atoms with van der Waals surface area (Å²) in [6.07, 6.45) is -0.346. The molecule has 1 aliphatic rings. The highest BCUT2D eigenvalue weighted by Gasteiger charge is 2.26. The Bertz CT molecular complexity index is 2820. The van der Waals surface area contributed by atoms with Crippen LogP contribution in [0.15, 0.2) is 202 Å². The normalized spacial score (nSPS) is 14.2. The predicted molar refractivity (Wildman–Crippen MR) is 219 cm³/mol. The number of rotatable bonds is 6. The summed E-state index contributed by atoms with van der Waals surface area (Å²) < 4.78 is 6.58. The molecule has 0 bridgehead atoms. The molecule has 9 aromatic rings. The molecule has 1 N–H and O–H groups in total. The smallest absolute Gasteiger partial charge is 0.159 e. The first-order chi connectivity index (χ1) is 26.2. The first kappa shape index (κ1) is 30.8. The zero-order chi connectivity index (χ0) is 35.1. The van der Waals surface area contributed by atoms with Gasteiger partial charge in [-0.1, -0.05) is 164 Å². The van der Waals surface area contributed by atoms with Gasteiger partial charge in [0.1, 0.15) is 23.2 Å². The highest BCUT2D eigenvalue weighted by Crippen LogP contribution is 2.40. The highest BCUT2D eigenvalue weighted by atomic mass is 16.3. The van der Waals surface area contributed by atoms with Gasteiger partial charge < -0.3 is 9.73 Å². The number of hydrogen-bond donors (Lipinski definition) is 1. The van der Waals surface area contributed by atoms with Crippen LogP contribution in [0.25, 0.3) is 66.1 Å². The third kappa shape index (κ3) is 5.67. The van der Waals surface area contributed by atoms with Crippen molar-refractivity contribution in [1.29, 1.82) is 0 Å². The van der Waals surface area contributed by atoms with Crippen molar-refractivity contribution in [2.45, 2.75) is 6.17 Å². The van der Waals surface area contributed by atoms with E-state index in [1.165, 1.54) is 11.1 Å². The molecule has 0 fully saturated rings. The van der Waals surface area contributed by atoms with Gasteiger partial charge >= 0.3 is 0 Å². The van der Waals surface area contributed by atoms with Crippen LogP contribution in [0.4, 0.5) is 0 Å². The van der Waals surface area contributed by atoms with Crippen LogP contribution in [-0.2, 0) is 0 Å². The van der Waals surface area contributed by atoms with E-state index in [9.17, 15) is 0 Å². The van der Waals surface area contributed by atoms with Gasteiger partial charge in [0.15, 0.2) is 5.84 Å². The molecule has 0 amide bonds. The van der Waals surface area contributed by atoms with E-state index >= 15 is 0 Å². The van der Waals surface area contributed by atoms with Crippen molar-refractivity contribution in [1.82, 2.24) is 5.32 Å². The van der Waals surface area contributed by atoms with Gasteiger partial charge in [-0.25, -0.2) is 9.98 Å². The monoisotopic (exact) mass is 679 g/mol. The maximum atomic E-state index is 6.58. The van der Waals surface area contributed by atoms with Crippen molar-refractivity contribution < 1.29 is 4.42 Å². The quantitative estimate of drug-likeness (QED) is 0.190. The molecule has 1 atom stereocenters. The van der Waals surface area contributed by atoms with Crippen LogP contribution < -0.4 is 5.32 Å². The SMILES string of the molecule is c1ccc(-c2ccc(-c3ccc(C4=NC(c5ccccc5)NC(c5c(-c6ccccc6)ccc6oc7cc8ccccc8cc7c56)=N4)cc3)cc2)cc1. The molecule has 250 valence electrons. The molecule has 0 saturated heterocycles. The Morgan fingerprint density at radius 1 is 0.453 bits per heavy atom. The largest absolute Gasteiger partial charge is 0.456 e. The van der Waals surface area contributed by atoms with E-state index in [1.807, 2.05) is 12.1 Å². The minimum absolute atomic E-state index is 0.346. The molecule has 10 rings (SSSR count). The van der Waals surface area contributed by atoms with Gasteiger partial charge in [-0.3, -0.25) is 0 Å². The van der Waals surface area contributed by atoms with E-state index < -0.39 is 0 Å². The standard InChI is InChI=1S/C49H33N3O/c1-4-12-32(13-5-1)33-20-22-34(23-21-33)35-24-26-38(27-25-35)48-50-47(37-16-8-3-9-17-37)51-49(52-48)46-41(36-14-6-2-7-15-36)28-29-43-45(46)42-30-39-18-10-11-19-40(39)31-44(42)53-43/h1-31,47H,(H,50,51,52). The summed E-state index contributed by atoms with van der Waals surface area (Å²) in [4.78, 5) is 10.6. The summed E-state index contributed by atoms with van der Waals surface area (Å²) in [5.74, 6) is 1.43. The Labute approximate surface area is 307 Å². The molecule has 0 aliphatic carbocycles. The molecule has 1 aromatic heterocycles. The maximum Gasteiger partial charge on any atom is 0.159 e. The van der Waals surface area contributed by atoms with E-state index in [2.05, 4.69) is 181 Å². The summed E-state index contributed by atoms with van der Waals surface area (Å²) in [7, 11) is 0. The van der Waals surface area contributed by atoms with Gasteiger partial charge in [0.2, 0.25) is 0 Å². The third-order valence-corrected chi connectivity index (χ3v) is 10.2. The fraction of sp³-hybridized carbons (Fsp3) is 0.0204. The molecule has 1 unspecified atom stereocenters. The summed E-state index contributed by atoms with van der Waals surface area (Å²) in [5.41, 5.74) is 11.6. The van der Waals surface area contributed by atoms with Gasteiger partial charge in [0, 0.05) is 21.9 Å². The van der Waals surface area contributed by atoms with Gasteiger partial charge in [0.25, 0.3) is 0 Å². The Balaban J connectivity index is 1.12. The number of amidine groups is 2. The number of benzene rings is 8. The predicted octanol–water partition coefficient (Wildman–Crippen LogP) is 12.2.